The lowest BCUT2D eigenvalue weighted by Gasteiger charge is -2.10. The van der Waals surface area contributed by atoms with E-state index in [9.17, 15) is 0 Å². The molecule has 0 saturated carbocycles. The molecule has 1 heterocycles. The largest absolute Gasteiger partial charge is 0.489 e. The van der Waals surface area contributed by atoms with E-state index in [1.165, 1.54) is 0 Å². The third-order valence-electron chi connectivity index (χ3n) is 2.86. The molecule has 0 saturated heterocycles. The van der Waals surface area contributed by atoms with Gasteiger partial charge in [-0.1, -0.05) is 12.2 Å². The molecule has 0 radical (unpaired) electrons. The molecule has 3 nitrogen and oxygen atoms in total. The van der Waals surface area contributed by atoms with Crippen molar-refractivity contribution >= 4 is 22.0 Å². The molecule has 1 unspecified atom stereocenters. The third-order valence-corrected chi connectivity index (χ3v) is 3.45. The average molecular weight is 312 g/mol. The molecular weight excluding hydrogens is 294 g/mol. The van der Waals surface area contributed by atoms with Crippen LogP contribution in [0.4, 0.5) is 0 Å². The van der Waals surface area contributed by atoms with Crippen molar-refractivity contribution in [1.82, 2.24) is 5.32 Å². The molecule has 0 fully saturated rings. The Hall–Kier alpha value is -1.00. The van der Waals surface area contributed by atoms with Crippen molar-refractivity contribution in [2.45, 2.75) is 19.4 Å². The Morgan fingerprint density at radius 2 is 2.11 bits per heavy atom. The number of benzene rings is 1. The van der Waals surface area contributed by atoms with Crippen LogP contribution in [0.3, 0.4) is 0 Å². The van der Waals surface area contributed by atoms with E-state index in [2.05, 4.69) is 40.3 Å². The van der Waals surface area contributed by atoms with Gasteiger partial charge in [-0.15, -0.1) is 0 Å². The first-order chi connectivity index (χ1) is 8.70. The van der Waals surface area contributed by atoms with Crippen LogP contribution in [-0.2, 0) is 0 Å². The third kappa shape index (κ3) is 3.27. The van der Waals surface area contributed by atoms with Gasteiger partial charge in [0.2, 0.25) is 0 Å². The van der Waals surface area contributed by atoms with Crippen molar-refractivity contribution in [3.05, 3.63) is 28.2 Å². The van der Waals surface area contributed by atoms with Crippen molar-refractivity contribution < 1.29 is 9.47 Å². The molecular formula is C14H18BrNO2. The molecule has 0 aliphatic carbocycles. The summed E-state index contributed by atoms with van der Waals surface area (Å²) in [5.74, 6) is 1.63. The zero-order valence-electron chi connectivity index (χ0n) is 10.7. The summed E-state index contributed by atoms with van der Waals surface area (Å²) in [6.45, 7) is 3.52. The summed E-state index contributed by atoms with van der Waals surface area (Å²) in [7, 11) is 1.94. The second kappa shape index (κ2) is 6.25. The Labute approximate surface area is 116 Å². The van der Waals surface area contributed by atoms with Crippen LogP contribution in [0.1, 0.15) is 18.9 Å². The lowest BCUT2D eigenvalue weighted by Crippen LogP contribution is -2.17. The number of likely N-dealkylation sites (N-methyl/N-ethyl adjacent to an activating group) is 1. The van der Waals surface area contributed by atoms with Crippen LogP contribution in [0.5, 0.6) is 11.5 Å². The molecule has 1 aromatic rings. The second-order valence-corrected chi connectivity index (χ2v) is 5.17. The molecule has 4 heteroatoms. The molecule has 0 amide bonds. The summed E-state index contributed by atoms with van der Waals surface area (Å²) in [6, 6.07) is 4.41. The van der Waals surface area contributed by atoms with E-state index in [4.69, 9.17) is 9.47 Å². The number of halogens is 1. The Balaban J connectivity index is 2.26. The lowest BCUT2D eigenvalue weighted by atomic mass is 10.1. The van der Waals surface area contributed by atoms with Gasteiger partial charge in [0.1, 0.15) is 0 Å². The first kappa shape index (κ1) is 13.4. The number of nitrogens with one attached hydrogen (secondary N) is 1. The van der Waals surface area contributed by atoms with E-state index >= 15 is 0 Å². The highest BCUT2D eigenvalue weighted by Gasteiger charge is 2.14. The topological polar surface area (TPSA) is 30.5 Å². The van der Waals surface area contributed by atoms with Crippen molar-refractivity contribution in [1.29, 1.82) is 0 Å². The molecule has 1 atom stereocenters. The quantitative estimate of drug-likeness (QED) is 0.929. The lowest BCUT2D eigenvalue weighted by molar-refractivity contribution is 0.296. The van der Waals surface area contributed by atoms with Gasteiger partial charge in [-0.3, -0.25) is 0 Å². The highest BCUT2D eigenvalue weighted by Crippen LogP contribution is 2.38. The van der Waals surface area contributed by atoms with Crippen molar-refractivity contribution in [2.75, 3.05) is 20.3 Å². The minimum absolute atomic E-state index is 0.347. The zero-order chi connectivity index (χ0) is 13.0. The van der Waals surface area contributed by atoms with Crippen LogP contribution < -0.4 is 14.8 Å². The van der Waals surface area contributed by atoms with Gasteiger partial charge in [0, 0.05) is 12.5 Å². The summed E-state index contributed by atoms with van der Waals surface area (Å²) < 4.78 is 12.3. The van der Waals surface area contributed by atoms with Crippen LogP contribution in [-0.4, -0.2) is 26.3 Å². The summed E-state index contributed by atoms with van der Waals surface area (Å²) >= 11 is 3.54. The Morgan fingerprint density at radius 1 is 1.33 bits per heavy atom. The zero-order valence-corrected chi connectivity index (χ0v) is 12.3. The molecule has 98 valence electrons. The van der Waals surface area contributed by atoms with Crippen molar-refractivity contribution in [3.8, 4) is 11.5 Å². The first-order valence-corrected chi connectivity index (χ1v) is 6.94. The van der Waals surface area contributed by atoms with Crippen LogP contribution in [0.2, 0.25) is 0 Å². The van der Waals surface area contributed by atoms with Crippen LogP contribution >= 0.6 is 15.9 Å². The molecule has 1 aliphatic heterocycles. The molecule has 0 aromatic heterocycles. The Bertz CT molecular complexity index is 446. The van der Waals surface area contributed by atoms with Gasteiger partial charge in [-0.05, 0) is 47.6 Å². The monoisotopic (exact) mass is 311 g/mol. The number of hydrogen-bond acceptors (Lipinski definition) is 3. The van der Waals surface area contributed by atoms with Gasteiger partial charge in [-0.2, -0.15) is 0 Å². The standard InChI is InChI=1S/C14H18BrNO2/c1-10(16-2)4-5-11-8-12(15)14-13(9-11)17-6-3-7-18-14/h4-5,8-10,16H,3,6-7H2,1-2H3/b5-4+. The van der Waals surface area contributed by atoms with Crippen LogP contribution in [0, 0.1) is 0 Å². The molecule has 1 N–H and O–H groups in total. The molecule has 1 aromatic carbocycles. The van der Waals surface area contributed by atoms with Gasteiger partial charge in [0.05, 0.1) is 17.7 Å². The minimum Gasteiger partial charge on any atom is -0.489 e. The second-order valence-electron chi connectivity index (χ2n) is 4.32. The summed E-state index contributed by atoms with van der Waals surface area (Å²) in [5, 5.41) is 3.17. The van der Waals surface area contributed by atoms with E-state index in [1.54, 1.807) is 0 Å². The first-order valence-electron chi connectivity index (χ1n) is 6.15. The molecule has 1 aliphatic rings. The number of ether oxygens (including phenoxy) is 2. The maximum atomic E-state index is 5.70. The Morgan fingerprint density at radius 3 is 2.89 bits per heavy atom. The van der Waals surface area contributed by atoms with Gasteiger partial charge in [0.15, 0.2) is 11.5 Å². The average Bonchev–Trinajstić information content (AvgIpc) is 2.61. The van der Waals surface area contributed by atoms with Gasteiger partial charge in [-0.25, -0.2) is 0 Å². The SMILES string of the molecule is CNC(C)/C=C/c1cc(Br)c2c(c1)OCCCO2. The fourth-order valence-electron chi connectivity index (χ4n) is 1.70. The molecule has 0 bridgehead atoms. The number of fused-ring (bicyclic) bond motifs is 1. The molecule has 18 heavy (non-hydrogen) atoms. The van der Waals surface area contributed by atoms with E-state index in [1.807, 2.05) is 19.2 Å². The summed E-state index contributed by atoms with van der Waals surface area (Å²) in [5.41, 5.74) is 1.10. The van der Waals surface area contributed by atoms with Crippen molar-refractivity contribution in [3.63, 3.8) is 0 Å². The van der Waals surface area contributed by atoms with E-state index < -0.39 is 0 Å². The highest BCUT2D eigenvalue weighted by molar-refractivity contribution is 9.10. The maximum absolute atomic E-state index is 5.70. The smallest absolute Gasteiger partial charge is 0.175 e. The number of hydrogen-bond donors (Lipinski definition) is 1. The highest BCUT2D eigenvalue weighted by atomic mass is 79.9. The predicted molar refractivity (Wildman–Crippen MR) is 77.3 cm³/mol. The Kier molecular flexibility index (Phi) is 4.66. The summed E-state index contributed by atoms with van der Waals surface area (Å²) in [4.78, 5) is 0. The molecule has 2 rings (SSSR count). The van der Waals surface area contributed by atoms with E-state index in [-0.39, 0.29) is 0 Å². The normalized spacial score (nSPS) is 16.6. The predicted octanol–water partition coefficient (Wildman–Crippen LogP) is 3.23. The van der Waals surface area contributed by atoms with Gasteiger partial charge >= 0.3 is 0 Å². The van der Waals surface area contributed by atoms with Gasteiger partial charge in [0.25, 0.3) is 0 Å². The fourth-order valence-corrected chi connectivity index (χ4v) is 2.27. The van der Waals surface area contributed by atoms with Crippen LogP contribution in [0.15, 0.2) is 22.7 Å². The maximum Gasteiger partial charge on any atom is 0.175 e. The number of rotatable bonds is 3. The minimum atomic E-state index is 0.347. The van der Waals surface area contributed by atoms with Gasteiger partial charge < -0.3 is 14.8 Å². The fraction of sp³-hybridized carbons (Fsp3) is 0.429. The van der Waals surface area contributed by atoms with E-state index in [0.29, 0.717) is 19.3 Å². The summed E-state index contributed by atoms with van der Waals surface area (Å²) in [6.07, 6.45) is 5.12. The van der Waals surface area contributed by atoms with Crippen LogP contribution in [0.25, 0.3) is 6.08 Å². The van der Waals surface area contributed by atoms with Crippen molar-refractivity contribution in [2.24, 2.45) is 0 Å². The van der Waals surface area contributed by atoms with E-state index in [0.717, 1.165) is 28.0 Å². The molecule has 0 spiro atoms.